The van der Waals surface area contributed by atoms with E-state index in [2.05, 4.69) is 15.2 Å². The summed E-state index contributed by atoms with van der Waals surface area (Å²) in [5, 5.41) is 15.4. The summed E-state index contributed by atoms with van der Waals surface area (Å²) in [7, 11) is 1.91. The second-order valence-corrected chi connectivity index (χ2v) is 4.21. The van der Waals surface area contributed by atoms with Crippen molar-refractivity contribution in [3.8, 4) is 0 Å². The van der Waals surface area contributed by atoms with Crippen LogP contribution in [0, 0.1) is 5.41 Å². The lowest BCUT2D eigenvalue weighted by molar-refractivity contribution is 0.836. The lowest BCUT2D eigenvalue weighted by atomic mass is 10.2. The second kappa shape index (κ2) is 5.90. The maximum Gasteiger partial charge on any atom is 0.162 e. The number of amidine groups is 1. The van der Waals surface area contributed by atoms with E-state index >= 15 is 0 Å². The maximum atomic E-state index is 7.54. The predicted molar refractivity (Wildman–Crippen MR) is 74.3 cm³/mol. The first kappa shape index (κ1) is 12.9. The van der Waals surface area contributed by atoms with Crippen LogP contribution in [-0.2, 0) is 6.42 Å². The Bertz CT molecular complexity index is 554. The molecule has 0 unspecified atom stereocenters. The molecule has 3 N–H and O–H groups in total. The van der Waals surface area contributed by atoms with Gasteiger partial charge < -0.3 is 10.6 Å². The number of rotatable bonds is 5. The Hall–Kier alpha value is -2.50. The number of hydrogen-bond donors (Lipinski definition) is 2. The first-order valence-electron chi connectivity index (χ1n) is 5.94. The molecule has 0 fully saturated rings. The van der Waals surface area contributed by atoms with E-state index in [0.29, 0.717) is 11.4 Å². The Morgan fingerprint density at radius 1 is 1.26 bits per heavy atom. The minimum atomic E-state index is 0.000612. The first-order valence-corrected chi connectivity index (χ1v) is 5.94. The molecule has 2 rings (SSSR count). The topological polar surface area (TPSA) is 91.8 Å². The van der Waals surface area contributed by atoms with Crippen LogP contribution < -0.4 is 10.6 Å². The molecule has 0 saturated carbocycles. The fraction of sp³-hybridized carbons (Fsp3) is 0.231. The van der Waals surface area contributed by atoms with Crippen LogP contribution in [0.1, 0.15) is 11.1 Å². The van der Waals surface area contributed by atoms with E-state index in [-0.39, 0.29) is 5.84 Å². The summed E-state index contributed by atoms with van der Waals surface area (Å²) in [6, 6.07) is 5.67. The molecule has 2 heterocycles. The molecule has 6 nitrogen and oxygen atoms in total. The molecule has 2 aromatic heterocycles. The van der Waals surface area contributed by atoms with Crippen LogP contribution >= 0.6 is 0 Å². The van der Waals surface area contributed by atoms with Crippen molar-refractivity contribution in [1.29, 1.82) is 5.41 Å². The number of anilines is 1. The third kappa shape index (κ3) is 3.25. The number of nitrogens with zero attached hydrogens (tertiary/aromatic N) is 4. The standard InChI is InChI=1S/C13H16N6/c1-19(9-5-10-2-6-16-7-3-10)13-11(12(14)15)4-8-17-18-13/h2-4,6-8H,5,9H2,1H3,(H3,14,15). The van der Waals surface area contributed by atoms with E-state index in [9.17, 15) is 0 Å². The monoisotopic (exact) mass is 256 g/mol. The number of aromatic nitrogens is 3. The first-order chi connectivity index (χ1) is 9.18. The Kier molecular flexibility index (Phi) is 4.02. The molecule has 0 radical (unpaired) electrons. The molecule has 0 bridgehead atoms. The van der Waals surface area contributed by atoms with Gasteiger partial charge in [0.2, 0.25) is 0 Å². The number of nitrogens with one attached hydrogen (secondary N) is 1. The molecule has 0 aromatic carbocycles. The van der Waals surface area contributed by atoms with Gasteiger partial charge in [-0.15, -0.1) is 5.10 Å². The highest BCUT2D eigenvalue weighted by molar-refractivity contribution is 5.99. The molecule has 6 heteroatoms. The zero-order valence-electron chi connectivity index (χ0n) is 10.7. The Morgan fingerprint density at radius 3 is 2.68 bits per heavy atom. The van der Waals surface area contributed by atoms with Crippen LogP contribution in [0.25, 0.3) is 0 Å². The highest BCUT2D eigenvalue weighted by Crippen LogP contribution is 2.14. The summed E-state index contributed by atoms with van der Waals surface area (Å²) in [6.45, 7) is 0.767. The molecule has 98 valence electrons. The van der Waals surface area contributed by atoms with Crippen LogP contribution in [0.2, 0.25) is 0 Å². The SMILES string of the molecule is CN(CCc1ccncc1)c1nnccc1C(=N)N. The molecule has 0 aliphatic heterocycles. The average molecular weight is 256 g/mol. The Balaban J connectivity index is 2.08. The fourth-order valence-corrected chi connectivity index (χ4v) is 1.77. The van der Waals surface area contributed by atoms with Crippen molar-refractivity contribution >= 4 is 11.7 Å². The van der Waals surface area contributed by atoms with Gasteiger partial charge in [0.15, 0.2) is 5.82 Å². The lowest BCUT2D eigenvalue weighted by Crippen LogP contribution is -2.26. The van der Waals surface area contributed by atoms with Gasteiger partial charge >= 0.3 is 0 Å². The zero-order chi connectivity index (χ0) is 13.7. The maximum absolute atomic E-state index is 7.54. The van der Waals surface area contributed by atoms with E-state index < -0.39 is 0 Å². The second-order valence-electron chi connectivity index (χ2n) is 4.21. The third-order valence-corrected chi connectivity index (χ3v) is 2.84. The lowest BCUT2D eigenvalue weighted by Gasteiger charge is -2.19. The predicted octanol–water partition coefficient (Wildman–Crippen LogP) is 0.835. The number of likely N-dealkylation sites (N-methyl/N-ethyl adjacent to an activating group) is 1. The summed E-state index contributed by atoms with van der Waals surface area (Å²) in [5.74, 6) is 0.629. The van der Waals surface area contributed by atoms with Crippen molar-refractivity contribution in [1.82, 2.24) is 15.2 Å². The van der Waals surface area contributed by atoms with Crippen LogP contribution in [0.3, 0.4) is 0 Å². The van der Waals surface area contributed by atoms with E-state index in [1.54, 1.807) is 18.5 Å². The minimum absolute atomic E-state index is 0.000612. The van der Waals surface area contributed by atoms with Gasteiger partial charge in [-0.2, -0.15) is 5.10 Å². The minimum Gasteiger partial charge on any atom is -0.384 e. The van der Waals surface area contributed by atoms with Crippen molar-refractivity contribution in [2.75, 3.05) is 18.5 Å². The van der Waals surface area contributed by atoms with Gasteiger partial charge in [-0.05, 0) is 30.2 Å². The summed E-state index contributed by atoms with van der Waals surface area (Å²) < 4.78 is 0. The van der Waals surface area contributed by atoms with E-state index in [1.165, 1.54) is 11.8 Å². The Labute approximate surface area is 111 Å². The van der Waals surface area contributed by atoms with Crippen LogP contribution in [0.4, 0.5) is 5.82 Å². The molecule has 0 saturated heterocycles. The van der Waals surface area contributed by atoms with Crippen LogP contribution in [0.5, 0.6) is 0 Å². The summed E-state index contributed by atoms with van der Waals surface area (Å²) in [5.41, 5.74) is 7.35. The van der Waals surface area contributed by atoms with Gasteiger partial charge in [0.05, 0.1) is 11.8 Å². The largest absolute Gasteiger partial charge is 0.384 e. The van der Waals surface area contributed by atoms with Crippen molar-refractivity contribution in [2.24, 2.45) is 5.73 Å². The van der Waals surface area contributed by atoms with Crippen molar-refractivity contribution < 1.29 is 0 Å². The zero-order valence-corrected chi connectivity index (χ0v) is 10.7. The number of nitrogens with two attached hydrogens (primary N) is 1. The number of pyridine rings is 1. The highest BCUT2D eigenvalue weighted by Gasteiger charge is 2.11. The molecule has 2 aromatic rings. The van der Waals surface area contributed by atoms with Gasteiger partial charge in [0.1, 0.15) is 5.84 Å². The highest BCUT2D eigenvalue weighted by atomic mass is 15.2. The molecular weight excluding hydrogens is 240 g/mol. The fourth-order valence-electron chi connectivity index (χ4n) is 1.77. The van der Waals surface area contributed by atoms with Crippen LogP contribution in [0.15, 0.2) is 36.8 Å². The quantitative estimate of drug-likeness (QED) is 0.611. The molecule has 19 heavy (non-hydrogen) atoms. The third-order valence-electron chi connectivity index (χ3n) is 2.84. The van der Waals surface area contributed by atoms with Gasteiger partial charge in [0, 0.05) is 26.0 Å². The van der Waals surface area contributed by atoms with Crippen molar-refractivity contribution in [3.05, 3.63) is 47.9 Å². The summed E-state index contributed by atoms with van der Waals surface area (Å²) in [6.07, 6.45) is 5.96. The van der Waals surface area contributed by atoms with Crippen molar-refractivity contribution in [2.45, 2.75) is 6.42 Å². The molecule has 0 spiro atoms. The number of hydrogen-bond acceptors (Lipinski definition) is 5. The van der Waals surface area contributed by atoms with Gasteiger partial charge in [-0.3, -0.25) is 10.4 Å². The summed E-state index contributed by atoms with van der Waals surface area (Å²) >= 11 is 0. The average Bonchev–Trinajstić information content (AvgIpc) is 2.46. The molecule has 0 amide bonds. The van der Waals surface area contributed by atoms with Gasteiger partial charge in [-0.25, -0.2) is 0 Å². The normalized spacial score (nSPS) is 10.2. The van der Waals surface area contributed by atoms with E-state index in [0.717, 1.165) is 13.0 Å². The van der Waals surface area contributed by atoms with Crippen LogP contribution in [-0.4, -0.2) is 34.6 Å². The van der Waals surface area contributed by atoms with E-state index in [1.807, 2.05) is 24.1 Å². The van der Waals surface area contributed by atoms with Gasteiger partial charge in [0.25, 0.3) is 0 Å². The number of nitrogen functional groups attached to an aromatic ring is 1. The smallest absolute Gasteiger partial charge is 0.162 e. The Morgan fingerprint density at radius 2 is 2.00 bits per heavy atom. The van der Waals surface area contributed by atoms with Gasteiger partial charge in [-0.1, -0.05) is 0 Å². The van der Waals surface area contributed by atoms with Crippen molar-refractivity contribution in [3.63, 3.8) is 0 Å². The summed E-state index contributed by atoms with van der Waals surface area (Å²) in [4.78, 5) is 5.94. The molecular formula is C13H16N6. The molecule has 0 aliphatic rings. The van der Waals surface area contributed by atoms with E-state index in [4.69, 9.17) is 11.1 Å². The molecule has 0 atom stereocenters. The molecule has 0 aliphatic carbocycles.